The molecule has 4 N–H and O–H groups in total. The number of urea groups is 1. The second-order valence-corrected chi connectivity index (χ2v) is 18.6. The van der Waals surface area contributed by atoms with Crippen LogP contribution >= 0.6 is 0 Å². The third-order valence-corrected chi connectivity index (χ3v) is 12.0. The Morgan fingerprint density at radius 3 is 2.13 bits per heavy atom. The predicted molar refractivity (Wildman–Crippen MR) is 186 cm³/mol. The van der Waals surface area contributed by atoms with Crippen LogP contribution in [-0.4, -0.2) is 95.9 Å². The number of sulfonamides is 1. The minimum atomic E-state index is -3.88. The summed E-state index contributed by atoms with van der Waals surface area (Å²) in [5.41, 5.74) is -1.10. The van der Waals surface area contributed by atoms with E-state index in [1.54, 1.807) is 41.5 Å². The molecule has 1 unspecified atom stereocenters. The molecule has 16 nitrogen and oxygen atoms in total. The summed E-state index contributed by atoms with van der Waals surface area (Å²) < 4.78 is 44.4. The van der Waals surface area contributed by atoms with Gasteiger partial charge in [-0.15, -0.1) is 0 Å². The number of ether oxygens (including phenoxy) is 3. The molecule has 52 heavy (non-hydrogen) atoms. The Hall–Kier alpha value is -4.28. The molecular weight excluding hydrogens is 696 g/mol. The van der Waals surface area contributed by atoms with Crippen molar-refractivity contribution in [2.45, 2.75) is 128 Å². The van der Waals surface area contributed by atoms with E-state index < -0.39 is 79.8 Å². The average molecular weight is 747 g/mol. The second-order valence-electron chi connectivity index (χ2n) is 16.7. The molecule has 2 aliphatic carbocycles. The molecule has 5 aliphatic rings. The fraction of sp³-hybridized carbons (Fsp3) is 0.686. The van der Waals surface area contributed by atoms with Gasteiger partial charge in [-0.25, -0.2) is 18.0 Å². The lowest BCUT2D eigenvalue weighted by Gasteiger charge is -2.36. The quantitative estimate of drug-likeness (QED) is 0.291. The summed E-state index contributed by atoms with van der Waals surface area (Å²) in [5, 5.41) is 7.75. The van der Waals surface area contributed by atoms with E-state index in [1.165, 1.54) is 9.80 Å². The van der Waals surface area contributed by atoms with Crippen molar-refractivity contribution < 1.29 is 46.6 Å². The van der Waals surface area contributed by atoms with Gasteiger partial charge in [0, 0.05) is 25.0 Å². The van der Waals surface area contributed by atoms with E-state index >= 15 is 0 Å². The molecule has 2 saturated carbocycles. The van der Waals surface area contributed by atoms with Crippen LogP contribution in [0.5, 0.6) is 11.5 Å². The summed E-state index contributed by atoms with van der Waals surface area (Å²) in [6.45, 7) is 13.1. The molecule has 6 rings (SSSR count). The van der Waals surface area contributed by atoms with Crippen molar-refractivity contribution in [1.82, 2.24) is 30.5 Å². The summed E-state index contributed by atoms with van der Waals surface area (Å²) >= 11 is 0. The van der Waals surface area contributed by atoms with Crippen molar-refractivity contribution in [2.75, 3.05) is 13.3 Å². The number of hydrogen-bond acceptors (Lipinski definition) is 10. The van der Waals surface area contributed by atoms with Crippen LogP contribution in [0.25, 0.3) is 0 Å². The monoisotopic (exact) mass is 746 g/mol. The van der Waals surface area contributed by atoms with Crippen LogP contribution < -0.4 is 30.1 Å². The van der Waals surface area contributed by atoms with Gasteiger partial charge >= 0.3 is 12.1 Å². The lowest BCUT2D eigenvalue weighted by atomic mass is 9.85. The number of rotatable bonds is 9. The molecule has 1 aromatic rings. The fourth-order valence-corrected chi connectivity index (χ4v) is 8.49. The Morgan fingerprint density at radius 2 is 1.62 bits per heavy atom. The summed E-state index contributed by atoms with van der Waals surface area (Å²) in [7, 11) is -3.88. The number of nitrogens with zero attached hydrogens (tertiary/aromatic N) is 2. The highest BCUT2D eigenvalue weighted by molar-refractivity contribution is 7.91. The molecule has 1 aromatic carbocycles. The molecule has 0 radical (unpaired) electrons. The van der Waals surface area contributed by atoms with Gasteiger partial charge in [-0.2, -0.15) is 0 Å². The first-order valence-electron chi connectivity index (χ1n) is 17.8. The van der Waals surface area contributed by atoms with Gasteiger partial charge in [0.15, 0.2) is 11.5 Å². The van der Waals surface area contributed by atoms with Gasteiger partial charge in [0.05, 0.1) is 11.8 Å². The molecule has 0 spiro atoms. The summed E-state index contributed by atoms with van der Waals surface area (Å²) in [6.07, 6.45) is 0.0315. The van der Waals surface area contributed by atoms with Crippen molar-refractivity contribution in [2.24, 2.45) is 11.3 Å². The number of hydrogen-bond donors (Lipinski definition) is 4. The zero-order valence-corrected chi connectivity index (χ0v) is 31.6. The maximum atomic E-state index is 14.4. The van der Waals surface area contributed by atoms with Crippen LogP contribution in [0.1, 0.15) is 91.7 Å². The van der Waals surface area contributed by atoms with Gasteiger partial charge in [0.2, 0.25) is 28.6 Å². The topological polar surface area (TPSA) is 202 Å². The average Bonchev–Trinajstić information content (AvgIpc) is 3.86. The van der Waals surface area contributed by atoms with E-state index in [-0.39, 0.29) is 45.2 Å². The minimum Gasteiger partial charge on any atom is -0.454 e. The van der Waals surface area contributed by atoms with Crippen LogP contribution in [0.3, 0.4) is 0 Å². The van der Waals surface area contributed by atoms with Crippen LogP contribution in [0.4, 0.5) is 9.59 Å². The molecule has 3 aliphatic heterocycles. The van der Waals surface area contributed by atoms with Gasteiger partial charge in [0.25, 0.3) is 5.91 Å². The number of amides is 6. The lowest BCUT2D eigenvalue weighted by Crippen LogP contribution is -2.61. The van der Waals surface area contributed by atoms with Crippen LogP contribution in [0, 0.1) is 11.3 Å². The molecular formula is C35H50N6O10S. The van der Waals surface area contributed by atoms with Crippen molar-refractivity contribution in [3.8, 4) is 11.5 Å². The normalized spacial score (nSPS) is 25.6. The van der Waals surface area contributed by atoms with Crippen molar-refractivity contribution in [3.05, 3.63) is 23.3 Å². The first kappa shape index (κ1) is 37.5. The highest BCUT2D eigenvalue weighted by Crippen LogP contribution is 2.47. The molecule has 17 heteroatoms. The van der Waals surface area contributed by atoms with E-state index in [0.29, 0.717) is 30.8 Å². The highest BCUT2D eigenvalue weighted by atomic mass is 32.2. The lowest BCUT2D eigenvalue weighted by molar-refractivity contribution is -0.142. The van der Waals surface area contributed by atoms with Crippen molar-refractivity contribution >= 4 is 39.9 Å². The number of nitrogens with one attached hydrogen (secondary N) is 4. The standard InChI is InChI=1S/C35H50N6O10S/c1-8-21-14-35(21,30(44)39-52(47,48)23-9-10-23)37-28(42)24-13-22(17-41(24)29(43)27(33(2,3)4)36-31(45)38-34(5,6)7)51-32(46)40-15-19-11-25-26(50-18-49-25)12-20(19)16-40/h11-12,21-24,27H,8-10,13-18H2,1-7H3,(H,37,42)(H,39,44)(H2,36,38,45)/t21-,22+,24?,27+,35-/m0/s1. The third-order valence-electron chi connectivity index (χ3n) is 10.2. The van der Waals surface area contributed by atoms with Crippen LogP contribution in [0.2, 0.25) is 0 Å². The smallest absolute Gasteiger partial charge is 0.410 e. The SMILES string of the molecule is CC[C@H]1C[C@@]1(NC(=O)C1C[C@@H](OC(=O)N2Cc3cc4c(cc3C2)OCO4)CN1C(=O)[C@@H](NC(=O)NC(C)(C)C)C(C)(C)C)C(=O)NS(=O)(=O)C1CC1. The van der Waals surface area contributed by atoms with Gasteiger partial charge in [0.1, 0.15) is 23.7 Å². The number of carbonyl (C=O) groups excluding carboxylic acids is 5. The summed E-state index contributed by atoms with van der Waals surface area (Å²) in [4.78, 5) is 71.4. The van der Waals surface area contributed by atoms with Gasteiger partial charge < -0.3 is 35.1 Å². The predicted octanol–water partition coefficient (Wildman–Crippen LogP) is 2.24. The Balaban J connectivity index is 1.22. The van der Waals surface area contributed by atoms with Crippen LogP contribution in [0.15, 0.2) is 12.1 Å². The Morgan fingerprint density at radius 1 is 1.00 bits per heavy atom. The third kappa shape index (κ3) is 7.74. The Bertz CT molecular complexity index is 1730. The Labute approximate surface area is 304 Å². The van der Waals surface area contributed by atoms with Gasteiger partial charge in [-0.3, -0.25) is 24.0 Å². The molecule has 0 bridgehead atoms. The number of likely N-dealkylation sites (tertiary alicyclic amines) is 1. The molecule has 286 valence electrons. The van der Waals surface area contributed by atoms with Crippen LogP contribution in [-0.2, 0) is 42.2 Å². The molecule has 0 aromatic heterocycles. The van der Waals surface area contributed by atoms with E-state index in [2.05, 4.69) is 20.7 Å². The van der Waals surface area contributed by atoms with Gasteiger partial charge in [-0.05, 0) is 74.6 Å². The van der Waals surface area contributed by atoms with Gasteiger partial charge in [-0.1, -0.05) is 34.1 Å². The maximum Gasteiger partial charge on any atom is 0.410 e. The first-order chi connectivity index (χ1) is 24.2. The van der Waals surface area contributed by atoms with E-state index in [9.17, 15) is 32.4 Å². The zero-order chi connectivity index (χ0) is 38.0. The molecule has 5 atom stereocenters. The first-order valence-corrected chi connectivity index (χ1v) is 19.4. The molecule has 3 heterocycles. The molecule has 3 fully saturated rings. The summed E-state index contributed by atoms with van der Waals surface area (Å²) in [6, 6.07) is 0.804. The second kappa shape index (κ2) is 13.3. The zero-order valence-electron chi connectivity index (χ0n) is 30.8. The summed E-state index contributed by atoms with van der Waals surface area (Å²) in [5.74, 6) is -1.18. The molecule has 6 amide bonds. The largest absolute Gasteiger partial charge is 0.454 e. The van der Waals surface area contributed by atoms with E-state index in [0.717, 1.165) is 11.1 Å². The number of fused-ring (bicyclic) bond motifs is 2. The Kier molecular flexibility index (Phi) is 9.58. The number of benzene rings is 1. The van der Waals surface area contributed by atoms with E-state index in [4.69, 9.17) is 14.2 Å². The van der Waals surface area contributed by atoms with E-state index in [1.807, 2.05) is 19.1 Å². The minimum absolute atomic E-state index is 0.0833. The maximum absolute atomic E-state index is 14.4. The van der Waals surface area contributed by atoms with Crippen molar-refractivity contribution in [3.63, 3.8) is 0 Å². The number of carbonyl (C=O) groups is 5. The van der Waals surface area contributed by atoms with Crippen molar-refractivity contribution in [1.29, 1.82) is 0 Å². The molecule has 1 saturated heterocycles. The highest BCUT2D eigenvalue weighted by Gasteiger charge is 2.62. The fourth-order valence-electron chi connectivity index (χ4n) is 7.13.